The Morgan fingerprint density at radius 3 is 2.16 bits per heavy atom. The fraction of sp³-hybridized carbons (Fsp3) is 0.368. The predicted octanol–water partition coefficient (Wildman–Crippen LogP) is 3.65. The lowest BCUT2D eigenvalue weighted by Gasteiger charge is -2.21. The molecular weight excluding hydrogens is 341 g/mol. The second kappa shape index (κ2) is 7.23. The second-order valence-electron chi connectivity index (χ2n) is 6.53. The molecule has 0 spiro atoms. The lowest BCUT2D eigenvalue weighted by molar-refractivity contribution is 0.102. The normalized spacial score (nSPS) is 21.0. The molecule has 1 N–H and O–H groups in total. The summed E-state index contributed by atoms with van der Waals surface area (Å²) >= 11 is 0. The van der Waals surface area contributed by atoms with Crippen LogP contribution in [0.5, 0.6) is 0 Å². The van der Waals surface area contributed by atoms with Crippen molar-refractivity contribution in [2.24, 2.45) is 0 Å². The summed E-state index contributed by atoms with van der Waals surface area (Å²) in [7, 11) is -3.34. The lowest BCUT2D eigenvalue weighted by Crippen LogP contribution is -2.40. The van der Waals surface area contributed by atoms with Crippen LogP contribution in [0, 0.1) is 5.82 Å². The highest BCUT2D eigenvalue weighted by atomic mass is 32.2. The van der Waals surface area contributed by atoms with Gasteiger partial charge in [0, 0.05) is 6.61 Å². The first-order valence-corrected chi connectivity index (χ1v) is 9.90. The van der Waals surface area contributed by atoms with E-state index in [0.29, 0.717) is 13.0 Å². The number of sulfonamides is 1. The van der Waals surface area contributed by atoms with Crippen LogP contribution in [0.25, 0.3) is 11.1 Å². The van der Waals surface area contributed by atoms with Crippen LogP contribution in [0.15, 0.2) is 48.5 Å². The first-order valence-electron chi connectivity index (χ1n) is 8.35. The maximum Gasteiger partial charge on any atom is 0.214 e. The molecule has 1 heterocycles. The highest BCUT2D eigenvalue weighted by Gasteiger charge is 2.33. The standard InChI is InChI=1S/C19H22FNO3S/c1-13(2)25(22,23)21-18-11-12-24-19(18)16-5-3-14(4-6-16)15-7-9-17(20)10-8-15/h3-10,13,18-19,21H,11-12H2,1-2H3. The van der Waals surface area contributed by atoms with E-state index in [4.69, 9.17) is 4.74 Å². The molecule has 1 fully saturated rings. The van der Waals surface area contributed by atoms with Crippen LogP contribution in [0.4, 0.5) is 4.39 Å². The number of hydrogen-bond acceptors (Lipinski definition) is 3. The predicted molar refractivity (Wildman–Crippen MR) is 96.1 cm³/mol. The molecule has 0 amide bonds. The first-order chi connectivity index (χ1) is 11.9. The molecule has 0 bridgehead atoms. The van der Waals surface area contributed by atoms with Crippen LogP contribution in [0.1, 0.15) is 31.9 Å². The summed E-state index contributed by atoms with van der Waals surface area (Å²) in [6, 6.07) is 13.8. The monoisotopic (exact) mass is 363 g/mol. The Balaban J connectivity index is 1.78. The van der Waals surface area contributed by atoms with Gasteiger partial charge in [-0.2, -0.15) is 0 Å². The van der Waals surface area contributed by atoms with Crippen LogP contribution >= 0.6 is 0 Å². The average Bonchev–Trinajstić information content (AvgIpc) is 3.03. The molecule has 2 aromatic rings. The van der Waals surface area contributed by atoms with Gasteiger partial charge in [-0.1, -0.05) is 36.4 Å². The quantitative estimate of drug-likeness (QED) is 0.882. The number of nitrogens with one attached hydrogen (secondary N) is 1. The number of halogens is 1. The van der Waals surface area contributed by atoms with Gasteiger partial charge in [0.2, 0.25) is 10.0 Å². The minimum absolute atomic E-state index is 0.260. The Morgan fingerprint density at radius 2 is 1.60 bits per heavy atom. The number of ether oxygens (including phenoxy) is 1. The van der Waals surface area contributed by atoms with E-state index in [0.717, 1.165) is 16.7 Å². The zero-order valence-corrected chi connectivity index (χ0v) is 15.1. The number of rotatable bonds is 5. The second-order valence-corrected chi connectivity index (χ2v) is 8.80. The van der Waals surface area contributed by atoms with Crippen molar-refractivity contribution in [2.45, 2.75) is 37.7 Å². The van der Waals surface area contributed by atoms with E-state index < -0.39 is 15.3 Å². The third kappa shape index (κ3) is 4.08. The van der Waals surface area contributed by atoms with Crippen molar-refractivity contribution >= 4 is 10.0 Å². The van der Waals surface area contributed by atoms with E-state index in [1.54, 1.807) is 26.0 Å². The molecule has 2 atom stereocenters. The van der Waals surface area contributed by atoms with E-state index >= 15 is 0 Å². The highest BCUT2D eigenvalue weighted by molar-refractivity contribution is 7.90. The van der Waals surface area contributed by atoms with Gasteiger partial charge in [0.1, 0.15) is 5.82 Å². The summed E-state index contributed by atoms with van der Waals surface area (Å²) in [6.07, 6.45) is 0.354. The van der Waals surface area contributed by atoms with E-state index in [9.17, 15) is 12.8 Å². The maximum atomic E-state index is 13.0. The van der Waals surface area contributed by atoms with Crippen molar-refractivity contribution in [1.82, 2.24) is 4.72 Å². The molecule has 1 saturated heterocycles. The highest BCUT2D eigenvalue weighted by Crippen LogP contribution is 2.31. The van der Waals surface area contributed by atoms with Crippen molar-refractivity contribution in [1.29, 1.82) is 0 Å². The summed E-state index contributed by atoms with van der Waals surface area (Å²) in [5.41, 5.74) is 2.83. The molecule has 1 aliphatic rings. The molecule has 0 aliphatic carbocycles. The lowest BCUT2D eigenvalue weighted by atomic mass is 9.99. The van der Waals surface area contributed by atoms with E-state index in [-0.39, 0.29) is 18.0 Å². The van der Waals surface area contributed by atoms with Crippen LogP contribution in [-0.4, -0.2) is 26.3 Å². The largest absolute Gasteiger partial charge is 0.372 e. The van der Waals surface area contributed by atoms with Gasteiger partial charge < -0.3 is 4.74 Å². The third-order valence-electron chi connectivity index (χ3n) is 4.44. The zero-order valence-electron chi connectivity index (χ0n) is 14.3. The van der Waals surface area contributed by atoms with Gasteiger partial charge in [0.05, 0.1) is 17.4 Å². The zero-order chi connectivity index (χ0) is 18.0. The van der Waals surface area contributed by atoms with Crippen LogP contribution in [-0.2, 0) is 14.8 Å². The summed E-state index contributed by atoms with van der Waals surface area (Å²) in [5.74, 6) is -0.264. The molecule has 1 aliphatic heterocycles. The fourth-order valence-corrected chi connectivity index (χ4v) is 3.83. The summed E-state index contributed by atoms with van der Waals surface area (Å²) in [4.78, 5) is 0. The Bertz CT molecular complexity index is 817. The Kier molecular flexibility index (Phi) is 5.22. The molecule has 0 aromatic heterocycles. The Hall–Kier alpha value is -1.76. The molecule has 2 unspecified atom stereocenters. The van der Waals surface area contributed by atoms with E-state index in [1.807, 2.05) is 24.3 Å². The first kappa shape index (κ1) is 18.0. The number of benzene rings is 2. The Labute approximate surface area is 148 Å². The molecule has 2 aromatic carbocycles. The summed E-state index contributed by atoms with van der Waals surface area (Å²) in [5, 5.41) is -0.477. The average molecular weight is 363 g/mol. The SMILES string of the molecule is CC(C)S(=O)(=O)NC1CCOC1c1ccc(-c2ccc(F)cc2)cc1. The minimum Gasteiger partial charge on any atom is -0.372 e. The van der Waals surface area contributed by atoms with Crippen molar-refractivity contribution in [3.05, 3.63) is 59.9 Å². The molecular formula is C19H22FNO3S. The van der Waals surface area contributed by atoms with Gasteiger partial charge in [-0.05, 0) is 49.1 Å². The molecule has 0 saturated carbocycles. The molecule has 3 rings (SSSR count). The molecule has 6 heteroatoms. The van der Waals surface area contributed by atoms with Gasteiger partial charge in [-0.3, -0.25) is 0 Å². The van der Waals surface area contributed by atoms with Crippen LogP contribution in [0.3, 0.4) is 0 Å². The minimum atomic E-state index is -3.34. The summed E-state index contributed by atoms with van der Waals surface area (Å²) < 4.78 is 45.8. The molecule has 0 radical (unpaired) electrons. The fourth-order valence-electron chi connectivity index (χ4n) is 2.89. The summed E-state index contributed by atoms with van der Waals surface area (Å²) in [6.45, 7) is 3.84. The van der Waals surface area contributed by atoms with Gasteiger partial charge in [0.25, 0.3) is 0 Å². The number of hydrogen-bond donors (Lipinski definition) is 1. The molecule has 25 heavy (non-hydrogen) atoms. The topological polar surface area (TPSA) is 55.4 Å². The van der Waals surface area contributed by atoms with Crippen LogP contribution < -0.4 is 4.72 Å². The van der Waals surface area contributed by atoms with Gasteiger partial charge in [-0.25, -0.2) is 17.5 Å². The van der Waals surface area contributed by atoms with Crippen molar-refractivity contribution < 1.29 is 17.5 Å². The van der Waals surface area contributed by atoms with Crippen molar-refractivity contribution in [3.8, 4) is 11.1 Å². The molecule has 134 valence electrons. The van der Waals surface area contributed by atoms with Gasteiger partial charge in [-0.15, -0.1) is 0 Å². The molecule has 4 nitrogen and oxygen atoms in total. The van der Waals surface area contributed by atoms with E-state index in [2.05, 4.69) is 4.72 Å². The Morgan fingerprint density at radius 1 is 1.04 bits per heavy atom. The van der Waals surface area contributed by atoms with Crippen molar-refractivity contribution in [2.75, 3.05) is 6.61 Å². The maximum absolute atomic E-state index is 13.0. The third-order valence-corrected chi connectivity index (χ3v) is 6.32. The van der Waals surface area contributed by atoms with E-state index in [1.165, 1.54) is 12.1 Å². The smallest absolute Gasteiger partial charge is 0.214 e. The van der Waals surface area contributed by atoms with Crippen LogP contribution in [0.2, 0.25) is 0 Å². The van der Waals surface area contributed by atoms with Crippen molar-refractivity contribution in [3.63, 3.8) is 0 Å². The van der Waals surface area contributed by atoms with Gasteiger partial charge >= 0.3 is 0 Å². The van der Waals surface area contributed by atoms with Gasteiger partial charge in [0.15, 0.2) is 0 Å².